The molecule has 1 saturated heterocycles. The first-order chi connectivity index (χ1) is 11.9. The summed E-state index contributed by atoms with van der Waals surface area (Å²) < 4.78 is 41.6. The lowest BCUT2D eigenvalue weighted by molar-refractivity contribution is -0.184. The summed E-state index contributed by atoms with van der Waals surface area (Å²) in [7, 11) is 0. The second-order valence-electron chi connectivity index (χ2n) is 6.02. The van der Waals surface area contributed by atoms with Crippen molar-refractivity contribution in [1.82, 2.24) is 24.9 Å². The van der Waals surface area contributed by atoms with Gasteiger partial charge in [0.1, 0.15) is 11.7 Å². The molecule has 6 nitrogen and oxygen atoms in total. The molecular formula is C16H20F3N5O. The number of nitrogens with one attached hydrogen (secondary N) is 2. The second-order valence-corrected chi connectivity index (χ2v) is 6.02. The zero-order valence-corrected chi connectivity index (χ0v) is 13.6. The number of nitrogens with zero attached hydrogens (tertiary/aromatic N) is 3. The Kier molecular flexibility index (Phi) is 5.24. The van der Waals surface area contributed by atoms with Gasteiger partial charge in [0, 0.05) is 45.1 Å². The molecule has 1 fully saturated rings. The first kappa shape index (κ1) is 17.7. The monoisotopic (exact) mass is 355 g/mol. The molecule has 3 heterocycles. The van der Waals surface area contributed by atoms with Gasteiger partial charge in [-0.2, -0.15) is 13.2 Å². The molecule has 0 radical (unpaired) electrons. The van der Waals surface area contributed by atoms with Gasteiger partial charge in [0.25, 0.3) is 0 Å². The fraction of sp³-hybridized carbons (Fsp3) is 0.500. The maximum atomic E-state index is 13.3. The van der Waals surface area contributed by atoms with Crippen molar-refractivity contribution in [1.29, 1.82) is 0 Å². The summed E-state index contributed by atoms with van der Waals surface area (Å²) in [4.78, 5) is 17.7. The summed E-state index contributed by atoms with van der Waals surface area (Å²) in [5.41, 5.74) is 1.22. The van der Waals surface area contributed by atoms with Crippen molar-refractivity contribution in [2.45, 2.75) is 18.6 Å². The lowest BCUT2D eigenvalue weighted by Crippen LogP contribution is -2.57. The van der Waals surface area contributed by atoms with Crippen LogP contribution in [0, 0.1) is 0 Å². The van der Waals surface area contributed by atoms with E-state index < -0.39 is 24.7 Å². The molecule has 1 unspecified atom stereocenters. The van der Waals surface area contributed by atoms with E-state index in [1.807, 2.05) is 12.1 Å². The van der Waals surface area contributed by atoms with Gasteiger partial charge >= 0.3 is 6.18 Å². The first-order valence-corrected chi connectivity index (χ1v) is 8.14. The third-order valence-corrected chi connectivity index (χ3v) is 4.22. The Labute approximate surface area is 143 Å². The minimum atomic E-state index is -4.38. The van der Waals surface area contributed by atoms with Gasteiger partial charge < -0.3 is 15.0 Å². The van der Waals surface area contributed by atoms with Crippen LogP contribution >= 0.6 is 0 Å². The number of aromatic nitrogens is 2. The van der Waals surface area contributed by atoms with Gasteiger partial charge in [-0.1, -0.05) is 6.07 Å². The molecule has 1 aliphatic heterocycles. The smallest absolute Gasteiger partial charge is 0.354 e. The number of alkyl halides is 3. The number of hydrogen-bond donors (Lipinski definition) is 2. The Morgan fingerprint density at radius 2 is 2.08 bits per heavy atom. The van der Waals surface area contributed by atoms with Crippen LogP contribution < -0.4 is 10.6 Å². The molecule has 1 aliphatic rings. The van der Waals surface area contributed by atoms with Gasteiger partial charge in [0.15, 0.2) is 0 Å². The lowest BCUT2D eigenvalue weighted by Gasteiger charge is -2.35. The number of imidazole rings is 1. The molecule has 0 bridgehead atoms. The van der Waals surface area contributed by atoms with Crippen molar-refractivity contribution < 1.29 is 18.0 Å². The van der Waals surface area contributed by atoms with Crippen LogP contribution in [0.5, 0.6) is 0 Å². The highest BCUT2D eigenvalue weighted by molar-refractivity contribution is 5.78. The number of hydrogen-bond acceptors (Lipinski definition) is 4. The van der Waals surface area contributed by atoms with E-state index in [9.17, 15) is 18.0 Å². The summed E-state index contributed by atoms with van der Waals surface area (Å²) in [6.45, 7) is 1.21. The predicted octanol–water partition coefficient (Wildman–Crippen LogP) is 0.829. The van der Waals surface area contributed by atoms with E-state index in [-0.39, 0.29) is 6.42 Å². The summed E-state index contributed by atoms with van der Waals surface area (Å²) in [5.74, 6) is -0.465. The Balaban J connectivity index is 1.59. The van der Waals surface area contributed by atoms with Gasteiger partial charge in [0.2, 0.25) is 5.91 Å². The normalized spacial score (nSPS) is 17.6. The summed E-state index contributed by atoms with van der Waals surface area (Å²) >= 11 is 0. The molecule has 1 amide bonds. The van der Waals surface area contributed by atoms with E-state index in [0.717, 1.165) is 0 Å². The van der Waals surface area contributed by atoms with Crippen LogP contribution in [-0.2, 0) is 11.2 Å². The topological polar surface area (TPSA) is 61.7 Å². The number of rotatable bonds is 5. The Bertz CT molecular complexity index is 691. The van der Waals surface area contributed by atoms with Gasteiger partial charge in [-0.15, -0.1) is 0 Å². The molecule has 0 aliphatic carbocycles. The standard InChI is InChI=1S/C16H20F3N5O/c17-16(18,19)13(23-7-4-20-5-8-23)10-21-15(25)9-12-11-24-6-2-1-3-14(24)22-12/h1-3,6,11,13,20H,4-5,7-10H2,(H,21,25). The summed E-state index contributed by atoms with van der Waals surface area (Å²) in [5, 5.41) is 5.43. The highest BCUT2D eigenvalue weighted by Gasteiger charge is 2.43. The first-order valence-electron chi connectivity index (χ1n) is 8.14. The number of halogens is 3. The van der Waals surface area contributed by atoms with Crippen LogP contribution in [0.25, 0.3) is 5.65 Å². The average Bonchev–Trinajstić information content (AvgIpc) is 2.96. The molecule has 0 saturated carbocycles. The molecule has 1 atom stereocenters. The van der Waals surface area contributed by atoms with Crippen molar-refractivity contribution in [2.75, 3.05) is 32.7 Å². The van der Waals surface area contributed by atoms with Gasteiger partial charge in [-0.25, -0.2) is 4.98 Å². The fourth-order valence-corrected chi connectivity index (χ4v) is 2.96. The van der Waals surface area contributed by atoms with Gasteiger partial charge in [-0.05, 0) is 12.1 Å². The van der Waals surface area contributed by atoms with Crippen LogP contribution in [0.3, 0.4) is 0 Å². The molecule has 25 heavy (non-hydrogen) atoms. The van der Waals surface area contributed by atoms with Crippen molar-refractivity contribution in [3.05, 3.63) is 36.3 Å². The van der Waals surface area contributed by atoms with E-state index in [1.165, 1.54) is 4.90 Å². The van der Waals surface area contributed by atoms with Gasteiger partial charge in [-0.3, -0.25) is 9.69 Å². The second kappa shape index (κ2) is 7.40. The summed E-state index contributed by atoms with van der Waals surface area (Å²) in [6, 6.07) is 3.79. The largest absolute Gasteiger partial charge is 0.405 e. The molecule has 2 aromatic heterocycles. The highest BCUT2D eigenvalue weighted by atomic mass is 19.4. The van der Waals surface area contributed by atoms with E-state index in [2.05, 4.69) is 15.6 Å². The van der Waals surface area contributed by atoms with E-state index >= 15 is 0 Å². The van der Waals surface area contributed by atoms with Crippen LogP contribution in [0.2, 0.25) is 0 Å². The molecule has 3 rings (SSSR count). The average molecular weight is 355 g/mol. The van der Waals surface area contributed by atoms with Crippen molar-refractivity contribution in [2.24, 2.45) is 0 Å². The molecule has 0 aromatic carbocycles. The van der Waals surface area contributed by atoms with Crippen LogP contribution in [0.15, 0.2) is 30.6 Å². The molecule has 0 spiro atoms. The predicted molar refractivity (Wildman–Crippen MR) is 86.2 cm³/mol. The third kappa shape index (κ3) is 4.49. The fourth-order valence-electron chi connectivity index (χ4n) is 2.96. The molecule has 2 aromatic rings. The number of amides is 1. The minimum absolute atomic E-state index is 0.0478. The third-order valence-electron chi connectivity index (χ3n) is 4.22. The van der Waals surface area contributed by atoms with E-state index in [4.69, 9.17) is 0 Å². The zero-order valence-electron chi connectivity index (χ0n) is 13.6. The number of carbonyl (C=O) groups excluding carboxylic acids is 1. The maximum absolute atomic E-state index is 13.3. The highest BCUT2D eigenvalue weighted by Crippen LogP contribution is 2.24. The molecule has 9 heteroatoms. The van der Waals surface area contributed by atoms with E-state index in [1.54, 1.807) is 22.9 Å². The zero-order chi connectivity index (χ0) is 17.9. The maximum Gasteiger partial charge on any atom is 0.405 e. The Morgan fingerprint density at radius 3 is 2.76 bits per heavy atom. The van der Waals surface area contributed by atoms with Crippen LogP contribution in [-0.4, -0.2) is 65.1 Å². The summed E-state index contributed by atoms with van der Waals surface area (Å²) in [6.07, 6.45) is -0.929. The number of pyridine rings is 1. The SMILES string of the molecule is O=C(Cc1cn2ccccc2n1)NCC(N1CCNCC1)C(F)(F)F. The van der Waals surface area contributed by atoms with Crippen LogP contribution in [0.4, 0.5) is 13.2 Å². The lowest BCUT2D eigenvalue weighted by atomic mass is 10.2. The Morgan fingerprint density at radius 1 is 1.32 bits per heavy atom. The number of carbonyl (C=O) groups is 1. The molecular weight excluding hydrogens is 335 g/mol. The number of fused-ring (bicyclic) bond motifs is 1. The van der Waals surface area contributed by atoms with Gasteiger partial charge in [0.05, 0.1) is 12.1 Å². The van der Waals surface area contributed by atoms with Crippen molar-refractivity contribution in [3.8, 4) is 0 Å². The molecule has 136 valence electrons. The van der Waals surface area contributed by atoms with Crippen LogP contribution in [0.1, 0.15) is 5.69 Å². The number of piperazine rings is 1. The van der Waals surface area contributed by atoms with Crippen molar-refractivity contribution in [3.63, 3.8) is 0 Å². The quantitative estimate of drug-likeness (QED) is 0.834. The van der Waals surface area contributed by atoms with E-state index in [0.29, 0.717) is 37.5 Å². The van der Waals surface area contributed by atoms with Crippen molar-refractivity contribution >= 4 is 11.6 Å². The molecule has 2 N–H and O–H groups in total. The minimum Gasteiger partial charge on any atom is -0.354 e. The Hall–Kier alpha value is -2.13.